The number of fused-ring (bicyclic) bond motifs is 1. The molecule has 0 spiro atoms. The monoisotopic (exact) mass is 283 g/mol. The van der Waals surface area contributed by atoms with Gasteiger partial charge in [-0.05, 0) is 12.3 Å². The van der Waals surface area contributed by atoms with Crippen LogP contribution in [0.3, 0.4) is 0 Å². The van der Waals surface area contributed by atoms with Crippen molar-refractivity contribution in [1.29, 1.82) is 0 Å². The van der Waals surface area contributed by atoms with Crippen LogP contribution in [0.1, 0.15) is 39.5 Å². The first-order valence-electron chi connectivity index (χ1n) is 7.62. The second-order valence-corrected chi connectivity index (χ2v) is 6.14. The molecule has 0 aromatic rings. The third kappa shape index (κ3) is 2.68. The van der Waals surface area contributed by atoms with Crippen molar-refractivity contribution in [2.45, 2.75) is 39.5 Å². The molecule has 2 fully saturated rings. The Kier molecular flexibility index (Phi) is 4.68. The summed E-state index contributed by atoms with van der Waals surface area (Å²) < 4.78 is 5.41. The Balaban J connectivity index is 2.05. The van der Waals surface area contributed by atoms with Crippen LogP contribution in [-0.2, 0) is 14.3 Å². The highest BCUT2D eigenvalue weighted by Gasteiger charge is 2.54. The van der Waals surface area contributed by atoms with Gasteiger partial charge >= 0.3 is 5.97 Å². The first-order chi connectivity index (χ1) is 9.53. The summed E-state index contributed by atoms with van der Waals surface area (Å²) in [5, 5.41) is 9.58. The minimum Gasteiger partial charge on any atom is -0.481 e. The van der Waals surface area contributed by atoms with Crippen LogP contribution in [0.4, 0.5) is 0 Å². The van der Waals surface area contributed by atoms with Gasteiger partial charge in [-0.25, -0.2) is 0 Å². The van der Waals surface area contributed by atoms with Crippen LogP contribution in [0.2, 0.25) is 0 Å². The third-order valence-electron chi connectivity index (χ3n) is 5.10. The molecule has 5 nitrogen and oxygen atoms in total. The van der Waals surface area contributed by atoms with Gasteiger partial charge in [0.2, 0.25) is 5.91 Å². The minimum absolute atomic E-state index is 0.0561. The van der Waals surface area contributed by atoms with Gasteiger partial charge < -0.3 is 14.7 Å². The number of carbonyl (C=O) groups excluding carboxylic acids is 1. The van der Waals surface area contributed by atoms with E-state index in [-0.39, 0.29) is 11.8 Å². The molecule has 0 aromatic carbocycles. The Bertz CT molecular complexity index is 380. The number of carbonyl (C=O) groups is 2. The molecule has 2 rings (SSSR count). The van der Waals surface area contributed by atoms with E-state index in [4.69, 9.17) is 4.74 Å². The molecule has 0 aromatic heterocycles. The lowest BCUT2D eigenvalue weighted by molar-refractivity contribution is -0.157. The predicted molar refractivity (Wildman–Crippen MR) is 74.3 cm³/mol. The topological polar surface area (TPSA) is 66.8 Å². The number of nitrogens with zero attached hydrogens (tertiary/aromatic N) is 1. The highest BCUT2D eigenvalue weighted by Crippen LogP contribution is 2.42. The summed E-state index contributed by atoms with van der Waals surface area (Å²) in [5.74, 6) is -0.320. The molecule has 114 valence electrons. The molecular formula is C15H25NO4. The van der Waals surface area contributed by atoms with Crippen LogP contribution in [0, 0.1) is 17.3 Å². The second kappa shape index (κ2) is 6.12. The molecule has 1 amide bonds. The molecule has 2 heterocycles. The fourth-order valence-electron chi connectivity index (χ4n) is 3.44. The Hall–Kier alpha value is -1.10. The van der Waals surface area contributed by atoms with Crippen LogP contribution in [0.25, 0.3) is 0 Å². The van der Waals surface area contributed by atoms with E-state index < -0.39 is 11.4 Å². The van der Waals surface area contributed by atoms with Crippen molar-refractivity contribution in [1.82, 2.24) is 4.90 Å². The average Bonchev–Trinajstić information content (AvgIpc) is 2.85. The van der Waals surface area contributed by atoms with Gasteiger partial charge in [-0.15, -0.1) is 0 Å². The summed E-state index contributed by atoms with van der Waals surface area (Å²) in [4.78, 5) is 25.8. The van der Waals surface area contributed by atoms with E-state index in [0.29, 0.717) is 45.1 Å². The number of amides is 1. The van der Waals surface area contributed by atoms with Gasteiger partial charge in [0, 0.05) is 32.0 Å². The van der Waals surface area contributed by atoms with Crippen molar-refractivity contribution in [2.75, 3.05) is 26.3 Å². The number of aliphatic carboxylic acids is 1. The SMILES string of the molecule is CCC(CC)CC(=O)N1C[C@@H]2COCC[C@]2(C(=O)O)C1. The van der Waals surface area contributed by atoms with E-state index in [1.165, 1.54) is 0 Å². The number of ether oxygens (including phenoxy) is 1. The summed E-state index contributed by atoms with van der Waals surface area (Å²) in [5.41, 5.74) is -0.776. The van der Waals surface area contributed by atoms with Gasteiger partial charge in [-0.1, -0.05) is 26.7 Å². The van der Waals surface area contributed by atoms with Gasteiger partial charge in [0.25, 0.3) is 0 Å². The molecule has 2 aliphatic heterocycles. The van der Waals surface area contributed by atoms with Gasteiger partial charge in [-0.3, -0.25) is 9.59 Å². The predicted octanol–water partition coefficient (Wildman–Crippen LogP) is 1.76. The number of carboxylic acids is 1. The first kappa shape index (κ1) is 15.3. The lowest BCUT2D eigenvalue weighted by atomic mass is 9.74. The van der Waals surface area contributed by atoms with Crippen LogP contribution in [-0.4, -0.2) is 48.2 Å². The van der Waals surface area contributed by atoms with Crippen molar-refractivity contribution in [3.05, 3.63) is 0 Å². The lowest BCUT2D eigenvalue weighted by Gasteiger charge is -2.33. The standard InChI is InChI=1S/C15H25NO4/c1-3-11(4-2)7-13(17)16-8-12-9-20-6-5-15(12,10-16)14(18)19/h11-12H,3-10H2,1-2H3,(H,18,19)/t12-,15+/m1/s1. The number of rotatable bonds is 5. The molecule has 2 saturated heterocycles. The zero-order valence-electron chi connectivity index (χ0n) is 12.4. The Morgan fingerprint density at radius 2 is 2.10 bits per heavy atom. The maximum atomic E-state index is 12.4. The molecule has 2 atom stereocenters. The minimum atomic E-state index is -0.776. The van der Waals surface area contributed by atoms with Crippen LogP contribution in [0.15, 0.2) is 0 Å². The molecule has 0 aliphatic carbocycles. The fourth-order valence-corrected chi connectivity index (χ4v) is 3.44. The summed E-state index contributed by atoms with van der Waals surface area (Å²) in [6.07, 6.45) is 3.04. The van der Waals surface area contributed by atoms with E-state index in [0.717, 1.165) is 12.8 Å². The molecule has 1 N–H and O–H groups in total. The van der Waals surface area contributed by atoms with Crippen molar-refractivity contribution in [3.8, 4) is 0 Å². The summed E-state index contributed by atoms with van der Waals surface area (Å²) in [6, 6.07) is 0. The maximum absolute atomic E-state index is 12.4. The van der Waals surface area contributed by atoms with E-state index in [1.54, 1.807) is 4.90 Å². The fraction of sp³-hybridized carbons (Fsp3) is 0.867. The third-order valence-corrected chi connectivity index (χ3v) is 5.10. The lowest BCUT2D eigenvalue weighted by Crippen LogP contribution is -2.45. The van der Waals surface area contributed by atoms with E-state index in [1.807, 2.05) is 0 Å². The Morgan fingerprint density at radius 1 is 1.40 bits per heavy atom. The van der Waals surface area contributed by atoms with Crippen molar-refractivity contribution in [2.24, 2.45) is 17.3 Å². The zero-order chi connectivity index (χ0) is 14.8. The van der Waals surface area contributed by atoms with Gasteiger partial charge in [0.15, 0.2) is 0 Å². The first-order valence-corrected chi connectivity index (χ1v) is 7.62. The smallest absolute Gasteiger partial charge is 0.311 e. The molecule has 0 saturated carbocycles. The van der Waals surface area contributed by atoms with Crippen molar-refractivity contribution in [3.63, 3.8) is 0 Å². The molecule has 5 heteroatoms. The van der Waals surface area contributed by atoms with Gasteiger partial charge in [0.1, 0.15) is 0 Å². The summed E-state index contributed by atoms with van der Waals surface area (Å²) in [6.45, 7) is 6.02. The molecule has 2 aliphatic rings. The van der Waals surface area contributed by atoms with Crippen LogP contribution in [0.5, 0.6) is 0 Å². The largest absolute Gasteiger partial charge is 0.481 e. The summed E-state index contributed by atoms with van der Waals surface area (Å²) >= 11 is 0. The number of hydrogen-bond acceptors (Lipinski definition) is 3. The highest BCUT2D eigenvalue weighted by molar-refractivity contribution is 5.81. The van der Waals surface area contributed by atoms with Crippen LogP contribution < -0.4 is 0 Å². The summed E-state index contributed by atoms with van der Waals surface area (Å²) in [7, 11) is 0. The molecule has 0 unspecified atom stereocenters. The van der Waals surface area contributed by atoms with E-state index in [9.17, 15) is 14.7 Å². The van der Waals surface area contributed by atoms with Gasteiger partial charge in [0.05, 0.1) is 12.0 Å². The Labute approximate surface area is 120 Å². The number of carboxylic acid groups (broad SMARTS) is 1. The molecule has 0 radical (unpaired) electrons. The average molecular weight is 283 g/mol. The molecular weight excluding hydrogens is 258 g/mol. The zero-order valence-corrected chi connectivity index (χ0v) is 12.4. The molecule has 20 heavy (non-hydrogen) atoms. The number of likely N-dealkylation sites (tertiary alicyclic amines) is 1. The van der Waals surface area contributed by atoms with Crippen molar-refractivity contribution >= 4 is 11.9 Å². The maximum Gasteiger partial charge on any atom is 0.311 e. The quantitative estimate of drug-likeness (QED) is 0.835. The van der Waals surface area contributed by atoms with Crippen LogP contribution >= 0.6 is 0 Å². The normalized spacial score (nSPS) is 29.6. The highest BCUT2D eigenvalue weighted by atomic mass is 16.5. The van der Waals surface area contributed by atoms with E-state index in [2.05, 4.69) is 13.8 Å². The van der Waals surface area contributed by atoms with E-state index >= 15 is 0 Å². The van der Waals surface area contributed by atoms with Gasteiger partial charge in [-0.2, -0.15) is 0 Å². The van der Waals surface area contributed by atoms with Crippen molar-refractivity contribution < 1.29 is 19.4 Å². The second-order valence-electron chi connectivity index (χ2n) is 6.14. The Morgan fingerprint density at radius 3 is 2.65 bits per heavy atom. The number of hydrogen-bond donors (Lipinski definition) is 1. The molecule has 0 bridgehead atoms.